The zero-order valence-electron chi connectivity index (χ0n) is 15.6. The summed E-state index contributed by atoms with van der Waals surface area (Å²) in [6, 6.07) is 13.9. The summed E-state index contributed by atoms with van der Waals surface area (Å²) in [5, 5.41) is 12.3. The van der Waals surface area contributed by atoms with Gasteiger partial charge in [-0.1, -0.05) is 44.2 Å². The number of benzene rings is 2. The number of hydrogen-bond donors (Lipinski definition) is 3. The van der Waals surface area contributed by atoms with Gasteiger partial charge >= 0.3 is 5.97 Å². The lowest BCUT2D eigenvalue weighted by Gasteiger charge is -2.15. The van der Waals surface area contributed by atoms with Crippen LogP contribution in [-0.2, 0) is 16.4 Å². The largest absolute Gasteiger partial charge is 0.478 e. The van der Waals surface area contributed by atoms with E-state index < -0.39 is 16.0 Å². The van der Waals surface area contributed by atoms with Gasteiger partial charge in [-0.2, -0.15) is 0 Å². The van der Waals surface area contributed by atoms with Crippen molar-refractivity contribution in [3.8, 4) is 0 Å². The standard InChI is InChI=1S/C20H26N2O4S/c1-15(2)10-13-22-27(25,26)19-14-17(20(23)24)8-9-18(19)21-12-11-16-6-4-3-5-7-16/h3-9,14-15,21-22H,10-13H2,1-2H3,(H,23,24). The summed E-state index contributed by atoms with van der Waals surface area (Å²) in [7, 11) is -3.81. The maximum Gasteiger partial charge on any atom is 0.335 e. The molecule has 7 heteroatoms. The number of carboxylic acid groups (broad SMARTS) is 1. The summed E-state index contributed by atoms with van der Waals surface area (Å²) in [4.78, 5) is 11.2. The van der Waals surface area contributed by atoms with E-state index in [0.717, 1.165) is 12.0 Å². The van der Waals surface area contributed by atoms with E-state index in [1.165, 1.54) is 18.2 Å². The average Bonchev–Trinajstić information content (AvgIpc) is 2.62. The fraction of sp³-hybridized carbons (Fsp3) is 0.350. The highest BCUT2D eigenvalue weighted by atomic mass is 32.2. The molecule has 0 atom stereocenters. The molecule has 0 aliphatic carbocycles. The van der Waals surface area contributed by atoms with Crippen molar-refractivity contribution >= 4 is 21.7 Å². The van der Waals surface area contributed by atoms with Gasteiger partial charge < -0.3 is 10.4 Å². The number of carbonyl (C=O) groups is 1. The lowest BCUT2D eigenvalue weighted by Crippen LogP contribution is -2.27. The molecule has 146 valence electrons. The van der Waals surface area contributed by atoms with E-state index in [4.69, 9.17) is 0 Å². The highest BCUT2D eigenvalue weighted by molar-refractivity contribution is 7.89. The molecule has 0 saturated heterocycles. The van der Waals surface area contributed by atoms with Crippen LogP contribution in [0.5, 0.6) is 0 Å². The van der Waals surface area contributed by atoms with Gasteiger partial charge in [-0.3, -0.25) is 0 Å². The molecular formula is C20H26N2O4S. The molecule has 0 aliphatic rings. The van der Waals surface area contributed by atoms with Crippen LogP contribution in [0, 0.1) is 5.92 Å². The number of carboxylic acids is 1. The molecule has 0 unspecified atom stereocenters. The van der Waals surface area contributed by atoms with Crippen LogP contribution < -0.4 is 10.0 Å². The van der Waals surface area contributed by atoms with Gasteiger partial charge in [0, 0.05) is 13.1 Å². The Hall–Kier alpha value is -2.38. The first-order chi connectivity index (χ1) is 12.8. The molecule has 6 nitrogen and oxygen atoms in total. The van der Waals surface area contributed by atoms with E-state index in [-0.39, 0.29) is 10.5 Å². The van der Waals surface area contributed by atoms with Gasteiger partial charge in [0.25, 0.3) is 0 Å². The molecule has 3 N–H and O–H groups in total. The Morgan fingerprint density at radius 3 is 2.41 bits per heavy atom. The fourth-order valence-electron chi connectivity index (χ4n) is 2.57. The van der Waals surface area contributed by atoms with Crippen LogP contribution in [0.2, 0.25) is 0 Å². The summed E-state index contributed by atoms with van der Waals surface area (Å²) in [5.41, 5.74) is 1.47. The molecule has 0 fully saturated rings. The lowest BCUT2D eigenvalue weighted by molar-refractivity contribution is 0.0696. The molecule has 0 spiro atoms. The number of hydrogen-bond acceptors (Lipinski definition) is 4. The molecule has 27 heavy (non-hydrogen) atoms. The third-order valence-corrected chi connectivity index (χ3v) is 5.60. The van der Waals surface area contributed by atoms with E-state index >= 15 is 0 Å². The number of aromatic carboxylic acids is 1. The minimum Gasteiger partial charge on any atom is -0.478 e. The molecule has 2 aromatic rings. The Balaban J connectivity index is 2.19. The van der Waals surface area contributed by atoms with Gasteiger partial charge in [-0.15, -0.1) is 0 Å². The van der Waals surface area contributed by atoms with Crippen molar-refractivity contribution in [3.63, 3.8) is 0 Å². The quantitative estimate of drug-likeness (QED) is 0.578. The molecule has 0 amide bonds. The minimum absolute atomic E-state index is 0.0424. The highest BCUT2D eigenvalue weighted by Gasteiger charge is 2.20. The first-order valence-corrected chi connectivity index (χ1v) is 10.4. The summed E-state index contributed by atoms with van der Waals surface area (Å²) in [6.45, 7) is 4.86. The smallest absolute Gasteiger partial charge is 0.335 e. The Bertz CT molecular complexity index is 865. The van der Waals surface area contributed by atoms with Gasteiger partial charge in [-0.25, -0.2) is 17.9 Å². The molecule has 0 heterocycles. The topological polar surface area (TPSA) is 95.5 Å². The van der Waals surface area contributed by atoms with Crippen LogP contribution in [-0.4, -0.2) is 32.6 Å². The third-order valence-electron chi connectivity index (χ3n) is 4.10. The Labute approximate surface area is 160 Å². The lowest BCUT2D eigenvalue weighted by atomic mass is 10.1. The summed E-state index contributed by atoms with van der Waals surface area (Å²) in [6.07, 6.45) is 1.43. The van der Waals surface area contributed by atoms with Crippen molar-refractivity contribution in [1.29, 1.82) is 0 Å². The maximum atomic E-state index is 12.7. The number of sulfonamides is 1. The van der Waals surface area contributed by atoms with Crippen molar-refractivity contribution in [1.82, 2.24) is 4.72 Å². The molecule has 0 bridgehead atoms. The SMILES string of the molecule is CC(C)CCNS(=O)(=O)c1cc(C(=O)O)ccc1NCCc1ccccc1. The second kappa shape index (κ2) is 9.53. The average molecular weight is 391 g/mol. The Kier molecular flexibility index (Phi) is 7.38. The summed E-state index contributed by atoms with van der Waals surface area (Å²) >= 11 is 0. The molecule has 2 aromatic carbocycles. The first-order valence-electron chi connectivity index (χ1n) is 8.94. The second-order valence-electron chi connectivity index (χ2n) is 6.76. The third kappa shape index (κ3) is 6.37. The summed E-state index contributed by atoms with van der Waals surface area (Å²) in [5.74, 6) is -0.800. The molecule has 0 aromatic heterocycles. The van der Waals surface area contributed by atoms with Crippen LogP contribution in [0.3, 0.4) is 0 Å². The van der Waals surface area contributed by atoms with Gasteiger partial charge in [0.15, 0.2) is 0 Å². The Morgan fingerprint density at radius 2 is 1.78 bits per heavy atom. The predicted molar refractivity (Wildman–Crippen MR) is 107 cm³/mol. The fourth-order valence-corrected chi connectivity index (χ4v) is 3.82. The van der Waals surface area contributed by atoms with Gasteiger partial charge in [-0.05, 0) is 42.5 Å². The van der Waals surface area contributed by atoms with Gasteiger partial charge in [0.1, 0.15) is 4.90 Å². The maximum absolute atomic E-state index is 12.7. The van der Waals surface area contributed by atoms with E-state index in [9.17, 15) is 18.3 Å². The van der Waals surface area contributed by atoms with Crippen LogP contribution in [0.25, 0.3) is 0 Å². The van der Waals surface area contributed by atoms with Crippen LogP contribution in [0.4, 0.5) is 5.69 Å². The van der Waals surface area contributed by atoms with Crippen molar-refractivity contribution in [2.24, 2.45) is 5.92 Å². The molecule has 0 saturated carbocycles. The number of rotatable bonds is 10. The van der Waals surface area contributed by atoms with Crippen molar-refractivity contribution in [2.45, 2.75) is 31.6 Å². The zero-order chi connectivity index (χ0) is 19.9. The second-order valence-corrected chi connectivity index (χ2v) is 8.49. The van der Waals surface area contributed by atoms with Crippen molar-refractivity contribution in [2.75, 3.05) is 18.4 Å². The van der Waals surface area contributed by atoms with Crippen LogP contribution >= 0.6 is 0 Å². The Morgan fingerprint density at radius 1 is 1.07 bits per heavy atom. The molecular weight excluding hydrogens is 364 g/mol. The molecule has 2 rings (SSSR count). The number of nitrogens with one attached hydrogen (secondary N) is 2. The highest BCUT2D eigenvalue weighted by Crippen LogP contribution is 2.23. The monoisotopic (exact) mass is 390 g/mol. The molecule has 0 aliphatic heterocycles. The first kappa shape index (κ1) is 20.9. The van der Waals surface area contributed by atoms with E-state index in [0.29, 0.717) is 31.1 Å². The summed E-state index contributed by atoms with van der Waals surface area (Å²) < 4.78 is 28.0. The zero-order valence-corrected chi connectivity index (χ0v) is 16.4. The minimum atomic E-state index is -3.81. The van der Waals surface area contributed by atoms with Gasteiger partial charge in [0.05, 0.1) is 11.3 Å². The number of anilines is 1. The van der Waals surface area contributed by atoms with Gasteiger partial charge in [0.2, 0.25) is 10.0 Å². The van der Waals surface area contributed by atoms with Crippen molar-refractivity contribution in [3.05, 3.63) is 59.7 Å². The predicted octanol–water partition coefficient (Wildman–Crippen LogP) is 3.36. The normalized spacial score (nSPS) is 11.5. The van der Waals surface area contributed by atoms with E-state index in [1.807, 2.05) is 44.2 Å². The van der Waals surface area contributed by atoms with Crippen LogP contribution in [0.1, 0.15) is 36.2 Å². The molecule has 0 radical (unpaired) electrons. The van der Waals surface area contributed by atoms with E-state index in [1.54, 1.807) is 0 Å². The van der Waals surface area contributed by atoms with Crippen molar-refractivity contribution < 1.29 is 18.3 Å². The van der Waals surface area contributed by atoms with Crippen LogP contribution in [0.15, 0.2) is 53.4 Å². The van der Waals surface area contributed by atoms with E-state index in [2.05, 4.69) is 10.0 Å².